The molecule has 0 fully saturated rings. The SMILES string of the molecule is CCCc1ccc(C(=O)N(C)CC(C)C(=O)O)cc1. The van der Waals surface area contributed by atoms with Crippen molar-refractivity contribution in [2.75, 3.05) is 13.6 Å². The lowest BCUT2D eigenvalue weighted by Crippen LogP contribution is -2.33. The summed E-state index contributed by atoms with van der Waals surface area (Å²) in [6.07, 6.45) is 2.07. The second-order valence-electron chi connectivity index (χ2n) is 4.87. The zero-order valence-electron chi connectivity index (χ0n) is 11.7. The summed E-state index contributed by atoms with van der Waals surface area (Å²) >= 11 is 0. The summed E-state index contributed by atoms with van der Waals surface area (Å²) in [5, 5.41) is 8.84. The Balaban J connectivity index is 2.68. The van der Waals surface area contributed by atoms with Gasteiger partial charge < -0.3 is 10.0 Å². The minimum atomic E-state index is -0.891. The van der Waals surface area contributed by atoms with Gasteiger partial charge in [-0.25, -0.2) is 0 Å². The first kappa shape index (κ1) is 15.2. The van der Waals surface area contributed by atoms with E-state index < -0.39 is 11.9 Å². The van der Waals surface area contributed by atoms with Crippen LogP contribution in [-0.4, -0.2) is 35.5 Å². The molecule has 0 bridgehead atoms. The molecule has 0 saturated carbocycles. The van der Waals surface area contributed by atoms with Gasteiger partial charge in [-0.15, -0.1) is 0 Å². The molecule has 1 atom stereocenters. The molecule has 4 heteroatoms. The Morgan fingerprint density at radius 1 is 1.26 bits per heavy atom. The standard InChI is InChI=1S/C15H21NO3/c1-4-5-12-6-8-13(9-7-12)14(17)16(3)10-11(2)15(18)19/h6-9,11H,4-5,10H2,1-3H3,(H,18,19). The van der Waals surface area contributed by atoms with Crippen LogP contribution in [0.25, 0.3) is 0 Å². The normalized spacial score (nSPS) is 11.9. The van der Waals surface area contributed by atoms with Crippen molar-refractivity contribution in [2.24, 2.45) is 5.92 Å². The highest BCUT2D eigenvalue weighted by Gasteiger charge is 2.18. The van der Waals surface area contributed by atoms with Crippen LogP contribution < -0.4 is 0 Å². The number of nitrogens with zero attached hydrogens (tertiary/aromatic N) is 1. The zero-order chi connectivity index (χ0) is 14.4. The van der Waals surface area contributed by atoms with E-state index in [2.05, 4.69) is 6.92 Å². The molecule has 0 aromatic heterocycles. The van der Waals surface area contributed by atoms with Crippen molar-refractivity contribution in [3.05, 3.63) is 35.4 Å². The third-order valence-corrected chi connectivity index (χ3v) is 3.06. The molecular weight excluding hydrogens is 242 g/mol. The van der Waals surface area contributed by atoms with Gasteiger partial charge in [0.25, 0.3) is 5.91 Å². The molecule has 1 N–H and O–H groups in total. The second-order valence-corrected chi connectivity index (χ2v) is 4.87. The highest BCUT2D eigenvalue weighted by atomic mass is 16.4. The summed E-state index contributed by atoms with van der Waals surface area (Å²) in [7, 11) is 1.63. The van der Waals surface area contributed by atoms with Gasteiger partial charge >= 0.3 is 5.97 Å². The third-order valence-electron chi connectivity index (χ3n) is 3.06. The van der Waals surface area contributed by atoms with Gasteiger partial charge in [0.15, 0.2) is 0 Å². The first-order chi connectivity index (χ1) is 8.95. The summed E-state index contributed by atoms with van der Waals surface area (Å²) in [6.45, 7) is 3.92. The van der Waals surface area contributed by atoms with Gasteiger partial charge in [0.2, 0.25) is 0 Å². The molecule has 0 saturated heterocycles. The molecule has 4 nitrogen and oxygen atoms in total. The van der Waals surface area contributed by atoms with Crippen molar-refractivity contribution in [3.63, 3.8) is 0 Å². The molecular formula is C15H21NO3. The average molecular weight is 263 g/mol. The van der Waals surface area contributed by atoms with E-state index in [0.717, 1.165) is 12.8 Å². The summed E-state index contributed by atoms with van der Waals surface area (Å²) in [6, 6.07) is 7.50. The Kier molecular flexibility index (Phi) is 5.55. The monoisotopic (exact) mass is 263 g/mol. The molecule has 1 rings (SSSR count). The highest BCUT2D eigenvalue weighted by molar-refractivity contribution is 5.94. The van der Waals surface area contributed by atoms with Crippen molar-refractivity contribution in [2.45, 2.75) is 26.7 Å². The number of carbonyl (C=O) groups is 2. The van der Waals surface area contributed by atoms with Gasteiger partial charge in [-0.05, 0) is 24.1 Å². The number of rotatable bonds is 6. The molecule has 0 aliphatic rings. The molecule has 0 heterocycles. The van der Waals surface area contributed by atoms with Crippen LogP contribution in [0.3, 0.4) is 0 Å². The number of hydrogen-bond acceptors (Lipinski definition) is 2. The lowest BCUT2D eigenvalue weighted by Gasteiger charge is -2.19. The highest BCUT2D eigenvalue weighted by Crippen LogP contribution is 2.10. The van der Waals surface area contributed by atoms with Crippen molar-refractivity contribution in [1.29, 1.82) is 0 Å². The molecule has 0 aliphatic heterocycles. The van der Waals surface area contributed by atoms with Crippen LogP contribution >= 0.6 is 0 Å². The first-order valence-electron chi connectivity index (χ1n) is 6.53. The number of benzene rings is 1. The number of carboxylic acid groups (broad SMARTS) is 1. The van der Waals surface area contributed by atoms with Crippen LogP contribution in [0.1, 0.15) is 36.2 Å². The number of carboxylic acids is 1. The number of aryl methyl sites for hydroxylation is 1. The van der Waals surface area contributed by atoms with E-state index in [1.54, 1.807) is 26.1 Å². The Morgan fingerprint density at radius 3 is 2.32 bits per heavy atom. The summed E-state index contributed by atoms with van der Waals surface area (Å²) in [4.78, 5) is 24.3. The number of aliphatic carboxylic acids is 1. The average Bonchev–Trinajstić information content (AvgIpc) is 2.39. The van der Waals surface area contributed by atoms with E-state index >= 15 is 0 Å². The number of hydrogen-bond donors (Lipinski definition) is 1. The quantitative estimate of drug-likeness (QED) is 0.857. The molecule has 1 unspecified atom stereocenters. The van der Waals surface area contributed by atoms with E-state index in [0.29, 0.717) is 5.56 Å². The van der Waals surface area contributed by atoms with Crippen LogP contribution in [0.4, 0.5) is 0 Å². The number of amides is 1. The van der Waals surface area contributed by atoms with E-state index in [1.807, 2.05) is 12.1 Å². The van der Waals surface area contributed by atoms with Crippen LogP contribution in [0.2, 0.25) is 0 Å². The van der Waals surface area contributed by atoms with Gasteiger partial charge in [-0.1, -0.05) is 32.4 Å². The fourth-order valence-corrected chi connectivity index (χ4v) is 1.89. The van der Waals surface area contributed by atoms with Crippen LogP contribution in [0.15, 0.2) is 24.3 Å². The minimum Gasteiger partial charge on any atom is -0.481 e. The van der Waals surface area contributed by atoms with E-state index in [1.165, 1.54) is 10.5 Å². The lowest BCUT2D eigenvalue weighted by atomic mass is 10.1. The summed E-state index contributed by atoms with van der Waals surface area (Å²) < 4.78 is 0. The van der Waals surface area contributed by atoms with Crippen LogP contribution in [-0.2, 0) is 11.2 Å². The molecule has 0 spiro atoms. The smallest absolute Gasteiger partial charge is 0.308 e. The Morgan fingerprint density at radius 2 is 1.84 bits per heavy atom. The van der Waals surface area contributed by atoms with E-state index in [9.17, 15) is 9.59 Å². The minimum absolute atomic E-state index is 0.142. The first-order valence-corrected chi connectivity index (χ1v) is 6.53. The molecule has 1 aromatic rings. The molecule has 0 radical (unpaired) electrons. The summed E-state index contributed by atoms with van der Waals surface area (Å²) in [5.74, 6) is -1.59. The fourth-order valence-electron chi connectivity index (χ4n) is 1.89. The van der Waals surface area contributed by atoms with E-state index in [4.69, 9.17) is 5.11 Å². The lowest BCUT2D eigenvalue weighted by molar-refractivity contribution is -0.141. The third kappa shape index (κ3) is 4.39. The topological polar surface area (TPSA) is 57.6 Å². The fraction of sp³-hybridized carbons (Fsp3) is 0.467. The molecule has 1 aromatic carbocycles. The summed E-state index contributed by atoms with van der Waals surface area (Å²) in [5.41, 5.74) is 1.81. The molecule has 104 valence electrons. The van der Waals surface area contributed by atoms with Crippen LogP contribution in [0, 0.1) is 5.92 Å². The van der Waals surface area contributed by atoms with E-state index in [-0.39, 0.29) is 12.5 Å². The molecule has 19 heavy (non-hydrogen) atoms. The number of carbonyl (C=O) groups excluding carboxylic acids is 1. The van der Waals surface area contributed by atoms with Crippen molar-refractivity contribution in [3.8, 4) is 0 Å². The van der Waals surface area contributed by atoms with Crippen molar-refractivity contribution in [1.82, 2.24) is 4.90 Å². The predicted molar refractivity (Wildman–Crippen MR) is 74.2 cm³/mol. The van der Waals surface area contributed by atoms with Gasteiger partial charge in [0.05, 0.1) is 5.92 Å². The van der Waals surface area contributed by atoms with Crippen LogP contribution in [0.5, 0.6) is 0 Å². The van der Waals surface area contributed by atoms with Gasteiger partial charge in [-0.3, -0.25) is 9.59 Å². The van der Waals surface area contributed by atoms with Crippen molar-refractivity contribution < 1.29 is 14.7 Å². The Bertz CT molecular complexity index is 439. The largest absolute Gasteiger partial charge is 0.481 e. The maximum absolute atomic E-state index is 12.1. The maximum atomic E-state index is 12.1. The second kappa shape index (κ2) is 6.92. The maximum Gasteiger partial charge on any atom is 0.308 e. The molecule has 0 aliphatic carbocycles. The molecule has 1 amide bonds. The zero-order valence-corrected chi connectivity index (χ0v) is 11.7. The van der Waals surface area contributed by atoms with Gasteiger partial charge in [0, 0.05) is 19.2 Å². The van der Waals surface area contributed by atoms with Gasteiger partial charge in [0.1, 0.15) is 0 Å². The Labute approximate surface area is 114 Å². The van der Waals surface area contributed by atoms with Crippen molar-refractivity contribution >= 4 is 11.9 Å². The Hall–Kier alpha value is -1.84. The van der Waals surface area contributed by atoms with Gasteiger partial charge in [-0.2, -0.15) is 0 Å². The predicted octanol–water partition coefficient (Wildman–Crippen LogP) is 2.43.